The largest absolute Gasteiger partial charge is 0.349 e. The monoisotopic (exact) mass is 207 g/mol. The Labute approximate surface area is 92.7 Å². The summed E-state index contributed by atoms with van der Waals surface area (Å²) in [6, 6.07) is 0.411. The molecule has 0 fully saturated rings. The molecule has 2 heteroatoms. The molecule has 0 spiro atoms. The summed E-state index contributed by atoms with van der Waals surface area (Å²) in [5, 5.41) is 0. The lowest BCUT2D eigenvalue weighted by molar-refractivity contribution is -0.114. The Bertz CT molecular complexity index is 312. The van der Waals surface area contributed by atoms with Crippen LogP contribution in [-0.4, -0.2) is 16.7 Å². The van der Waals surface area contributed by atoms with Crippen molar-refractivity contribution < 1.29 is 4.79 Å². The lowest BCUT2D eigenvalue weighted by atomic mass is 9.89. The topological polar surface area (TPSA) is 20.3 Å². The summed E-state index contributed by atoms with van der Waals surface area (Å²) in [6.07, 6.45) is 5.25. The molecule has 0 saturated heterocycles. The first kappa shape index (κ1) is 12.0. The van der Waals surface area contributed by atoms with E-state index in [-0.39, 0.29) is 5.78 Å². The molecular formula is C13H21NO. The average molecular weight is 207 g/mol. The number of hydrogen-bond acceptors (Lipinski definition) is 2. The summed E-state index contributed by atoms with van der Waals surface area (Å²) in [4.78, 5) is 13.8. The molecule has 0 bridgehead atoms. The van der Waals surface area contributed by atoms with Gasteiger partial charge in [0.25, 0.3) is 0 Å². The highest BCUT2D eigenvalue weighted by molar-refractivity contribution is 5.95. The first-order chi connectivity index (χ1) is 6.99. The van der Waals surface area contributed by atoms with Gasteiger partial charge in [-0.05, 0) is 34.1 Å². The SMILES string of the molecule is CC[C@@H]1C=CN(C(C)C)C(C)=C1C(C)=O. The van der Waals surface area contributed by atoms with Crippen LogP contribution in [0.1, 0.15) is 41.0 Å². The second-order valence-corrected chi connectivity index (χ2v) is 4.41. The van der Waals surface area contributed by atoms with E-state index < -0.39 is 0 Å². The van der Waals surface area contributed by atoms with Crippen molar-refractivity contribution in [3.05, 3.63) is 23.5 Å². The van der Waals surface area contributed by atoms with Crippen LogP contribution in [0.25, 0.3) is 0 Å². The van der Waals surface area contributed by atoms with E-state index in [1.54, 1.807) is 6.92 Å². The molecule has 1 atom stereocenters. The van der Waals surface area contributed by atoms with Gasteiger partial charge in [0.1, 0.15) is 0 Å². The number of ketones is 1. The maximum absolute atomic E-state index is 11.6. The third kappa shape index (κ3) is 2.31. The zero-order valence-corrected chi connectivity index (χ0v) is 10.4. The van der Waals surface area contributed by atoms with E-state index in [1.807, 2.05) is 6.92 Å². The molecule has 0 aliphatic carbocycles. The fourth-order valence-electron chi connectivity index (χ4n) is 2.23. The van der Waals surface area contributed by atoms with E-state index in [0.717, 1.165) is 17.7 Å². The summed E-state index contributed by atoms with van der Waals surface area (Å²) in [5.74, 6) is 0.506. The van der Waals surface area contributed by atoms with Crippen molar-refractivity contribution in [2.45, 2.75) is 47.1 Å². The zero-order chi connectivity index (χ0) is 11.6. The molecule has 0 amide bonds. The summed E-state index contributed by atoms with van der Waals surface area (Å²) < 4.78 is 0. The summed E-state index contributed by atoms with van der Waals surface area (Å²) in [5.41, 5.74) is 2.10. The molecule has 1 aliphatic rings. The summed E-state index contributed by atoms with van der Waals surface area (Å²) in [6.45, 7) is 10.1. The number of carbonyl (C=O) groups is 1. The molecule has 1 aliphatic heterocycles. The minimum Gasteiger partial charge on any atom is -0.349 e. The number of carbonyl (C=O) groups excluding carboxylic acids is 1. The van der Waals surface area contributed by atoms with Gasteiger partial charge in [-0.1, -0.05) is 13.0 Å². The Kier molecular flexibility index (Phi) is 3.72. The van der Waals surface area contributed by atoms with Crippen molar-refractivity contribution in [3.63, 3.8) is 0 Å². The maximum atomic E-state index is 11.6. The van der Waals surface area contributed by atoms with Gasteiger partial charge in [0, 0.05) is 29.4 Å². The molecule has 0 aromatic heterocycles. The van der Waals surface area contributed by atoms with Gasteiger partial charge in [-0.3, -0.25) is 4.79 Å². The Morgan fingerprint density at radius 1 is 1.53 bits per heavy atom. The third-order valence-electron chi connectivity index (χ3n) is 3.00. The van der Waals surface area contributed by atoms with Gasteiger partial charge < -0.3 is 4.90 Å². The van der Waals surface area contributed by atoms with Crippen molar-refractivity contribution in [1.82, 2.24) is 4.90 Å². The molecule has 84 valence electrons. The summed E-state index contributed by atoms with van der Waals surface area (Å²) in [7, 11) is 0. The quantitative estimate of drug-likeness (QED) is 0.708. The van der Waals surface area contributed by atoms with Crippen molar-refractivity contribution >= 4 is 5.78 Å². The molecule has 1 rings (SSSR count). The van der Waals surface area contributed by atoms with Crippen molar-refractivity contribution in [2.24, 2.45) is 5.92 Å². The Balaban J connectivity index is 3.10. The third-order valence-corrected chi connectivity index (χ3v) is 3.00. The molecule has 0 saturated carbocycles. The lowest BCUT2D eigenvalue weighted by Crippen LogP contribution is -2.30. The first-order valence-corrected chi connectivity index (χ1v) is 5.67. The number of rotatable bonds is 3. The van der Waals surface area contributed by atoms with Gasteiger partial charge in [0.2, 0.25) is 0 Å². The van der Waals surface area contributed by atoms with Crippen LogP contribution >= 0.6 is 0 Å². The van der Waals surface area contributed by atoms with E-state index in [0.29, 0.717) is 12.0 Å². The highest BCUT2D eigenvalue weighted by Crippen LogP contribution is 2.29. The number of hydrogen-bond donors (Lipinski definition) is 0. The second-order valence-electron chi connectivity index (χ2n) is 4.41. The van der Waals surface area contributed by atoms with E-state index in [1.165, 1.54) is 0 Å². The zero-order valence-electron chi connectivity index (χ0n) is 10.4. The van der Waals surface area contributed by atoms with Crippen molar-refractivity contribution in [3.8, 4) is 0 Å². The van der Waals surface area contributed by atoms with Gasteiger partial charge in [0.05, 0.1) is 0 Å². The van der Waals surface area contributed by atoms with Gasteiger partial charge in [-0.2, -0.15) is 0 Å². The smallest absolute Gasteiger partial charge is 0.158 e. The Morgan fingerprint density at radius 3 is 2.53 bits per heavy atom. The van der Waals surface area contributed by atoms with E-state index in [2.05, 4.69) is 37.9 Å². The molecule has 1 heterocycles. The van der Waals surface area contributed by atoms with E-state index >= 15 is 0 Å². The van der Waals surface area contributed by atoms with Crippen LogP contribution in [0.15, 0.2) is 23.5 Å². The highest BCUT2D eigenvalue weighted by atomic mass is 16.1. The molecule has 0 radical (unpaired) electrons. The average Bonchev–Trinajstić information content (AvgIpc) is 2.15. The van der Waals surface area contributed by atoms with Crippen LogP contribution in [0.2, 0.25) is 0 Å². The molecule has 15 heavy (non-hydrogen) atoms. The Hall–Kier alpha value is -1.05. The van der Waals surface area contributed by atoms with Crippen LogP contribution in [-0.2, 0) is 4.79 Å². The standard InChI is InChI=1S/C13H21NO/c1-6-12-7-8-14(9(2)3)10(4)13(12)11(5)15/h7-9,12H,6H2,1-5H3/t12-/m1/s1. The highest BCUT2D eigenvalue weighted by Gasteiger charge is 2.24. The predicted octanol–water partition coefficient (Wildman–Crippen LogP) is 3.11. The minimum absolute atomic E-state index is 0.203. The lowest BCUT2D eigenvalue weighted by Gasteiger charge is -2.33. The van der Waals surface area contributed by atoms with Crippen LogP contribution in [0.3, 0.4) is 0 Å². The van der Waals surface area contributed by atoms with E-state index in [4.69, 9.17) is 0 Å². The molecule has 0 aromatic rings. The van der Waals surface area contributed by atoms with Crippen LogP contribution in [0, 0.1) is 5.92 Å². The van der Waals surface area contributed by atoms with Crippen LogP contribution in [0.4, 0.5) is 0 Å². The molecule has 2 nitrogen and oxygen atoms in total. The second kappa shape index (κ2) is 4.65. The molecule has 0 aromatic carbocycles. The number of Topliss-reactive ketones (excluding diaryl/α,β-unsaturated/α-hetero) is 1. The van der Waals surface area contributed by atoms with Gasteiger partial charge in [-0.25, -0.2) is 0 Å². The minimum atomic E-state index is 0.203. The van der Waals surface area contributed by atoms with Gasteiger partial charge in [-0.15, -0.1) is 0 Å². The van der Waals surface area contributed by atoms with E-state index in [9.17, 15) is 4.79 Å². The van der Waals surface area contributed by atoms with Crippen LogP contribution < -0.4 is 0 Å². The molecule has 0 unspecified atom stereocenters. The predicted molar refractivity (Wildman–Crippen MR) is 63.3 cm³/mol. The fourth-order valence-corrected chi connectivity index (χ4v) is 2.23. The fraction of sp³-hybridized carbons (Fsp3) is 0.615. The van der Waals surface area contributed by atoms with Gasteiger partial charge in [0.15, 0.2) is 5.78 Å². The summed E-state index contributed by atoms with van der Waals surface area (Å²) >= 11 is 0. The first-order valence-electron chi connectivity index (χ1n) is 5.67. The van der Waals surface area contributed by atoms with Crippen molar-refractivity contribution in [2.75, 3.05) is 0 Å². The molecule has 0 N–H and O–H groups in total. The van der Waals surface area contributed by atoms with Crippen LogP contribution in [0.5, 0.6) is 0 Å². The number of allylic oxidation sites excluding steroid dienone is 3. The Morgan fingerprint density at radius 2 is 2.13 bits per heavy atom. The number of nitrogens with zero attached hydrogens (tertiary/aromatic N) is 1. The normalized spacial score (nSPS) is 21.5. The molecular weight excluding hydrogens is 186 g/mol. The van der Waals surface area contributed by atoms with Gasteiger partial charge >= 0.3 is 0 Å². The maximum Gasteiger partial charge on any atom is 0.158 e. The van der Waals surface area contributed by atoms with Crippen molar-refractivity contribution in [1.29, 1.82) is 0 Å².